The van der Waals surface area contributed by atoms with Gasteiger partial charge in [-0.15, -0.1) is 12.4 Å². The minimum absolute atomic E-state index is 0. The monoisotopic (exact) mass is 371 g/mol. The zero-order valence-corrected chi connectivity index (χ0v) is 14.6. The van der Waals surface area contributed by atoms with Crippen LogP contribution in [0.2, 0.25) is 0 Å². The van der Waals surface area contributed by atoms with E-state index in [0.717, 1.165) is 0 Å². The molecule has 0 spiro atoms. The number of rotatable bonds is 9. The van der Waals surface area contributed by atoms with Gasteiger partial charge < -0.3 is 25.8 Å². The fraction of sp³-hybridized carbons (Fsp3) is 0.667. The highest BCUT2D eigenvalue weighted by Gasteiger charge is 2.21. The lowest BCUT2D eigenvalue weighted by Gasteiger charge is -2.16. The van der Waals surface area contributed by atoms with E-state index < -0.39 is 35.8 Å². The molecule has 23 heavy (non-hydrogen) atoms. The van der Waals surface area contributed by atoms with Crippen LogP contribution in [0.4, 0.5) is 0 Å². The summed E-state index contributed by atoms with van der Waals surface area (Å²) in [6, 6.07) is -1.81. The van der Waals surface area contributed by atoms with E-state index in [-0.39, 0.29) is 37.5 Å². The first-order valence-corrected chi connectivity index (χ1v) is 7.07. The van der Waals surface area contributed by atoms with Gasteiger partial charge in [0.05, 0.1) is 14.2 Å². The van der Waals surface area contributed by atoms with Crippen LogP contribution in [0.5, 0.6) is 0 Å². The molecule has 9 nitrogen and oxygen atoms in total. The van der Waals surface area contributed by atoms with Gasteiger partial charge in [-0.05, 0) is 6.42 Å². The fourth-order valence-corrected chi connectivity index (χ4v) is 1.63. The van der Waals surface area contributed by atoms with Gasteiger partial charge in [0, 0.05) is 12.2 Å². The Hall–Kier alpha value is -1.52. The minimum atomic E-state index is -0.908. The average molecular weight is 372 g/mol. The van der Waals surface area contributed by atoms with E-state index in [1.54, 1.807) is 0 Å². The Bertz CT molecular complexity index is 424. The Labute approximate surface area is 145 Å². The van der Waals surface area contributed by atoms with E-state index in [9.17, 15) is 19.2 Å². The molecular weight excluding hydrogens is 350 g/mol. The zero-order chi connectivity index (χ0) is 17.1. The molecule has 134 valence electrons. The maximum Gasteiger partial charge on any atom is 0.325 e. The summed E-state index contributed by atoms with van der Waals surface area (Å²) < 4.78 is 8.81. The van der Waals surface area contributed by atoms with E-state index in [1.165, 1.54) is 14.2 Å². The van der Waals surface area contributed by atoms with Gasteiger partial charge in [-0.25, -0.2) is 0 Å². The van der Waals surface area contributed by atoms with Gasteiger partial charge in [0.15, 0.2) is 0 Å². The number of carbonyl (C=O) groups excluding carboxylic acids is 4. The first kappa shape index (κ1) is 23.7. The van der Waals surface area contributed by atoms with Gasteiger partial charge in [-0.2, -0.15) is 12.6 Å². The van der Waals surface area contributed by atoms with Crippen molar-refractivity contribution in [2.45, 2.75) is 24.9 Å². The average Bonchev–Trinajstić information content (AvgIpc) is 2.53. The highest BCUT2D eigenvalue weighted by molar-refractivity contribution is 7.80. The predicted molar refractivity (Wildman–Crippen MR) is 87.3 cm³/mol. The van der Waals surface area contributed by atoms with Crippen LogP contribution in [0.25, 0.3) is 0 Å². The molecule has 0 aliphatic rings. The second-order valence-corrected chi connectivity index (χ2v) is 4.63. The molecule has 4 N–H and O–H groups in total. The first-order valence-electron chi connectivity index (χ1n) is 6.43. The molecule has 0 saturated heterocycles. The van der Waals surface area contributed by atoms with Crippen molar-refractivity contribution >= 4 is 48.8 Å². The SMILES string of the molecule is COC(=O)CNC(=O)C(CS)NC(=O)CCC(N)C(=O)OC.Cl. The van der Waals surface area contributed by atoms with E-state index in [2.05, 4.69) is 32.7 Å². The molecule has 0 aromatic rings. The molecule has 11 heteroatoms. The molecule has 0 fully saturated rings. The lowest BCUT2D eigenvalue weighted by molar-refractivity contribution is -0.142. The van der Waals surface area contributed by atoms with Crippen LogP contribution in [0, 0.1) is 0 Å². The molecule has 0 aromatic heterocycles. The number of thiol groups is 1. The van der Waals surface area contributed by atoms with Crippen molar-refractivity contribution in [2.24, 2.45) is 5.73 Å². The Morgan fingerprint density at radius 3 is 2.26 bits per heavy atom. The standard InChI is InChI=1S/C12H21N3O6S.ClH/c1-20-10(17)5-14-11(18)8(6-22)15-9(16)4-3-7(13)12(19)21-2;/h7-8,22H,3-6,13H2,1-2H3,(H,14,18)(H,15,16);1H. The largest absolute Gasteiger partial charge is 0.468 e. The zero-order valence-electron chi connectivity index (χ0n) is 12.9. The molecule has 2 unspecified atom stereocenters. The quantitative estimate of drug-likeness (QED) is 0.283. The van der Waals surface area contributed by atoms with Crippen LogP contribution < -0.4 is 16.4 Å². The normalized spacial score (nSPS) is 12.2. The molecule has 0 aliphatic carbocycles. The molecule has 0 aromatic carbocycles. The van der Waals surface area contributed by atoms with E-state index in [0.29, 0.717) is 0 Å². The first-order chi connectivity index (χ1) is 10.3. The van der Waals surface area contributed by atoms with Gasteiger partial charge in [0.2, 0.25) is 11.8 Å². The number of nitrogens with one attached hydrogen (secondary N) is 2. The summed E-state index contributed by atoms with van der Waals surface area (Å²) in [7, 11) is 2.39. The number of nitrogens with two attached hydrogens (primary N) is 1. The number of ether oxygens (including phenoxy) is 2. The van der Waals surface area contributed by atoms with Gasteiger partial charge in [-0.3, -0.25) is 19.2 Å². The summed E-state index contributed by atoms with van der Waals surface area (Å²) >= 11 is 3.96. The van der Waals surface area contributed by atoms with Crippen LogP contribution in [0.1, 0.15) is 12.8 Å². The molecule has 2 atom stereocenters. The maximum absolute atomic E-state index is 11.7. The third-order valence-electron chi connectivity index (χ3n) is 2.66. The van der Waals surface area contributed by atoms with Crippen LogP contribution >= 0.6 is 25.0 Å². The number of methoxy groups -OCH3 is 2. The van der Waals surface area contributed by atoms with Crippen molar-refractivity contribution in [1.82, 2.24) is 10.6 Å². The van der Waals surface area contributed by atoms with Crippen molar-refractivity contribution in [1.29, 1.82) is 0 Å². The molecule has 0 radical (unpaired) electrons. The highest BCUT2D eigenvalue weighted by Crippen LogP contribution is 1.98. The molecule has 0 rings (SSSR count). The van der Waals surface area contributed by atoms with Crippen molar-refractivity contribution in [2.75, 3.05) is 26.5 Å². The third kappa shape index (κ3) is 9.97. The number of carbonyl (C=O) groups is 4. The van der Waals surface area contributed by atoms with Gasteiger partial charge in [0.25, 0.3) is 0 Å². The number of esters is 2. The van der Waals surface area contributed by atoms with E-state index >= 15 is 0 Å². The van der Waals surface area contributed by atoms with Crippen molar-refractivity contribution in [3.8, 4) is 0 Å². The topological polar surface area (TPSA) is 137 Å². The minimum Gasteiger partial charge on any atom is -0.468 e. The smallest absolute Gasteiger partial charge is 0.325 e. The summed E-state index contributed by atoms with van der Waals surface area (Å²) in [4.78, 5) is 45.5. The molecule has 2 amide bonds. The van der Waals surface area contributed by atoms with E-state index in [1.807, 2.05) is 0 Å². The molecule has 0 aliphatic heterocycles. The van der Waals surface area contributed by atoms with Crippen LogP contribution in [-0.4, -0.2) is 62.4 Å². The number of halogens is 1. The van der Waals surface area contributed by atoms with Gasteiger partial charge >= 0.3 is 11.9 Å². The summed E-state index contributed by atoms with van der Waals surface area (Å²) in [6.45, 7) is -0.303. The van der Waals surface area contributed by atoms with Crippen molar-refractivity contribution < 1.29 is 28.7 Å². The fourth-order valence-electron chi connectivity index (χ4n) is 1.37. The van der Waals surface area contributed by atoms with Gasteiger partial charge in [0.1, 0.15) is 18.6 Å². The van der Waals surface area contributed by atoms with Crippen LogP contribution in [-0.2, 0) is 28.7 Å². The summed E-state index contributed by atoms with van der Waals surface area (Å²) in [5.74, 6) is -2.21. The molecule has 0 heterocycles. The van der Waals surface area contributed by atoms with E-state index in [4.69, 9.17) is 5.73 Å². The van der Waals surface area contributed by atoms with Crippen molar-refractivity contribution in [3.63, 3.8) is 0 Å². The predicted octanol–water partition coefficient (Wildman–Crippen LogP) is -1.61. The Balaban J connectivity index is 0. The summed E-state index contributed by atoms with van der Waals surface area (Å²) in [6.07, 6.45) is 0.0341. The highest BCUT2D eigenvalue weighted by atomic mass is 35.5. The lowest BCUT2D eigenvalue weighted by atomic mass is 10.1. The van der Waals surface area contributed by atoms with Gasteiger partial charge in [-0.1, -0.05) is 0 Å². The Morgan fingerprint density at radius 1 is 1.17 bits per heavy atom. The second-order valence-electron chi connectivity index (χ2n) is 4.26. The Kier molecular flexibility index (Phi) is 13.4. The summed E-state index contributed by atoms with van der Waals surface area (Å²) in [5.41, 5.74) is 5.50. The third-order valence-corrected chi connectivity index (χ3v) is 3.02. The van der Waals surface area contributed by atoms with Crippen LogP contribution in [0.15, 0.2) is 0 Å². The lowest BCUT2D eigenvalue weighted by Crippen LogP contribution is -2.49. The molecule has 0 bridgehead atoms. The summed E-state index contributed by atoms with van der Waals surface area (Å²) in [5, 5.41) is 4.74. The Morgan fingerprint density at radius 2 is 1.78 bits per heavy atom. The maximum atomic E-state index is 11.7. The molecular formula is C12H22ClN3O6S. The molecule has 0 saturated carbocycles. The number of hydrogen-bond acceptors (Lipinski definition) is 8. The van der Waals surface area contributed by atoms with Crippen LogP contribution in [0.3, 0.4) is 0 Å². The van der Waals surface area contributed by atoms with Crippen molar-refractivity contribution in [3.05, 3.63) is 0 Å². The number of amides is 2. The number of hydrogen-bond donors (Lipinski definition) is 4. The second kappa shape index (κ2) is 13.0.